The van der Waals surface area contributed by atoms with Crippen molar-refractivity contribution in [1.82, 2.24) is 15.2 Å². The second-order valence-corrected chi connectivity index (χ2v) is 6.14. The van der Waals surface area contributed by atoms with Crippen LogP contribution in [0.5, 0.6) is 5.75 Å². The third-order valence-electron chi connectivity index (χ3n) is 3.40. The van der Waals surface area contributed by atoms with E-state index in [0.29, 0.717) is 33.4 Å². The largest absolute Gasteiger partial charge is 0.573 e. The quantitative estimate of drug-likeness (QED) is 0.653. The summed E-state index contributed by atoms with van der Waals surface area (Å²) in [6.07, 6.45) is -4.36. The molecule has 3 N–H and O–H groups in total. The summed E-state index contributed by atoms with van der Waals surface area (Å²) in [5, 5.41) is 7.13. The number of nitrogens with two attached hydrogens (primary N) is 1. The minimum Gasteiger partial charge on any atom is -0.406 e. The molecule has 3 aromatic rings. The van der Waals surface area contributed by atoms with Gasteiger partial charge in [0, 0.05) is 12.0 Å². The Balaban J connectivity index is 1.86. The Morgan fingerprint density at radius 2 is 1.69 bits per heavy atom. The molecule has 0 amide bonds. The van der Waals surface area contributed by atoms with Crippen molar-refractivity contribution in [3.8, 4) is 16.9 Å². The highest BCUT2D eigenvalue weighted by Gasteiger charge is 2.31. The molecular formula is C16H11Cl2F3N4O. The van der Waals surface area contributed by atoms with E-state index in [1.807, 2.05) is 0 Å². The van der Waals surface area contributed by atoms with Gasteiger partial charge in [0.1, 0.15) is 11.6 Å². The number of aromatic amines is 1. The number of nitrogen functional groups attached to an aromatic ring is 1. The van der Waals surface area contributed by atoms with Crippen LogP contribution in [0.2, 0.25) is 10.0 Å². The number of rotatable bonds is 4. The van der Waals surface area contributed by atoms with Gasteiger partial charge in [0.05, 0.1) is 10.0 Å². The zero-order valence-electron chi connectivity index (χ0n) is 12.9. The number of anilines is 1. The fourth-order valence-corrected chi connectivity index (χ4v) is 3.16. The Labute approximate surface area is 155 Å². The molecule has 1 aromatic heterocycles. The molecule has 0 bridgehead atoms. The second kappa shape index (κ2) is 7.05. The van der Waals surface area contributed by atoms with Crippen LogP contribution in [0.3, 0.4) is 0 Å². The summed E-state index contributed by atoms with van der Waals surface area (Å²) >= 11 is 12.6. The van der Waals surface area contributed by atoms with Crippen LogP contribution in [0.25, 0.3) is 11.1 Å². The normalized spacial score (nSPS) is 11.6. The number of H-pyrrole nitrogens is 1. The fraction of sp³-hybridized carbons (Fsp3) is 0.125. The molecule has 136 valence electrons. The third-order valence-corrected chi connectivity index (χ3v) is 4.00. The number of ether oxygens (including phenoxy) is 1. The minimum atomic E-state index is -4.75. The Bertz CT molecular complexity index is 903. The molecular weight excluding hydrogens is 392 g/mol. The van der Waals surface area contributed by atoms with Crippen molar-refractivity contribution >= 4 is 29.2 Å². The molecule has 0 aliphatic rings. The van der Waals surface area contributed by atoms with E-state index in [1.54, 1.807) is 12.1 Å². The maximum absolute atomic E-state index is 12.2. The predicted octanol–water partition coefficient (Wildman–Crippen LogP) is 4.85. The van der Waals surface area contributed by atoms with Crippen molar-refractivity contribution in [3.63, 3.8) is 0 Å². The van der Waals surface area contributed by atoms with Crippen LogP contribution in [0.1, 0.15) is 11.4 Å². The maximum Gasteiger partial charge on any atom is 0.573 e. The zero-order valence-corrected chi connectivity index (χ0v) is 14.5. The molecule has 0 aliphatic heterocycles. The van der Waals surface area contributed by atoms with Gasteiger partial charge in [0.25, 0.3) is 0 Å². The van der Waals surface area contributed by atoms with Gasteiger partial charge in [-0.05, 0) is 35.4 Å². The SMILES string of the molecule is Nc1n[nH]c(Cc2cc(Cl)c(-c3ccc(OC(F)(F)F)cc3)c(Cl)c2)n1. The highest BCUT2D eigenvalue weighted by atomic mass is 35.5. The lowest BCUT2D eigenvalue weighted by atomic mass is 10.0. The van der Waals surface area contributed by atoms with Gasteiger partial charge >= 0.3 is 6.36 Å². The summed E-state index contributed by atoms with van der Waals surface area (Å²) in [6.45, 7) is 0. The lowest BCUT2D eigenvalue weighted by Gasteiger charge is -2.12. The first-order valence-electron chi connectivity index (χ1n) is 7.22. The number of aromatic nitrogens is 3. The minimum absolute atomic E-state index is 0.134. The van der Waals surface area contributed by atoms with Crippen molar-refractivity contribution in [2.75, 3.05) is 5.73 Å². The lowest BCUT2D eigenvalue weighted by molar-refractivity contribution is -0.274. The third kappa shape index (κ3) is 4.39. The van der Waals surface area contributed by atoms with Gasteiger partial charge in [0.2, 0.25) is 5.95 Å². The van der Waals surface area contributed by atoms with Crippen LogP contribution in [0, 0.1) is 0 Å². The van der Waals surface area contributed by atoms with Crippen molar-refractivity contribution in [2.24, 2.45) is 0 Å². The molecule has 10 heteroatoms. The monoisotopic (exact) mass is 402 g/mol. The van der Waals surface area contributed by atoms with Crippen LogP contribution in [0.15, 0.2) is 36.4 Å². The summed E-state index contributed by atoms with van der Waals surface area (Å²) in [5.41, 5.74) is 7.30. The van der Waals surface area contributed by atoms with Gasteiger partial charge in [-0.15, -0.1) is 18.3 Å². The fourth-order valence-electron chi connectivity index (χ4n) is 2.41. The number of nitrogens with one attached hydrogen (secondary N) is 1. The molecule has 0 aliphatic carbocycles. The van der Waals surface area contributed by atoms with Crippen molar-refractivity contribution < 1.29 is 17.9 Å². The molecule has 0 saturated carbocycles. The molecule has 3 rings (SSSR count). The van der Waals surface area contributed by atoms with E-state index >= 15 is 0 Å². The van der Waals surface area contributed by atoms with E-state index in [0.717, 1.165) is 5.56 Å². The highest BCUT2D eigenvalue weighted by Crippen LogP contribution is 2.37. The van der Waals surface area contributed by atoms with E-state index < -0.39 is 6.36 Å². The first kappa shape index (κ1) is 18.3. The molecule has 0 spiro atoms. The summed E-state index contributed by atoms with van der Waals surface area (Å²) in [7, 11) is 0. The average molecular weight is 403 g/mol. The molecule has 5 nitrogen and oxygen atoms in total. The Morgan fingerprint density at radius 1 is 1.08 bits per heavy atom. The van der Waals surface area contributed by atoms with Crippen LogP contribution in [-0.4, -0.2) is 21.5 Å². The molecule has 0 radical (unpaired) electrons. The highest BCUT2D eigenvalue weighted by molar-refractivity contribution is 6.39. The average Bonchev–Trinajstić information content (AvgIpc) is 2.92. The number of benzene rings is 2. The zero-order chi connectivity index (χ0) is 18.9. The molecule has 0 atom stereocenters. The van der Waals surface area contributed by atoms with E-state index in [9.17, 15) is 13.2 Å². The van der Waals surface area contributed by atoms with Gasteiger partial charge in [-0.25, -0.2) is 0 Å². The number of alkyl halides is 3. The van der Waals surface area contributed by atoms with Gasteiger partial charge < -0.3 is 10.5 Å². The topological polar surface area (TPSA) is 76.8 Å². The standard InChI is InChI=1S/C16H11Cl2F3N4O/c17-11-5-8(7-13-23-15(22)25-24-13)6-12(18)14(11)9-1-3-10(4-2-9)26-16(19,20)21/h1-6H,7H2,(H3,22,23,24,25). The number of hydrogen-bond donors (Lipinski definition) is 2. The molecule has 0 unspecified atom stereocenters. The van der Waals surface area contributed by atoms with Crippen LogP contribution in [-0.2, 0) is 6.42 Å². The number of hydrogen-bond acceptors (Lipinski definition) is 4. The van der Waals surface area contributed by atoms with Gasteiger partial charge in [-0.3, -0.25) is 5.10 Å². The van der Waals surface area contributed by atoms with Gasteiger partial charge in [-0.1, -0.05) is 35.3 Å². The van der Waals surface area contributed by atoms with E-state index in [-0.39, 0.29) is 11.7 Å². The van der Waals surface area contributed by atoms with Crippen molar-refractivity contribution in [1.29, 1.82) is 0 Å². The van der Waals surface area contributed by atoms with E-state index in [4.69, 9.17) is 28.9 Å². The lowest BCUT2D eigenvalue weighted by Crippen LogP contribution is -2.16. The summed E-state index contributed by atoms with van der Waals surface area (Å²) in [6, 6.07) is 8.68. The number of nitrogens with zero attached hydrogens (tertiary/aromatic N) is 2. The van der Waals surface area contributed by atoms with E-state index in [2.05, 4.69) is 19.9 Å². The molecule has 26 heavy (non-hydrogen) atoms. The first-order valence-corrected chi connectivity index (χ1v) is 7.98. The Hall–Kier alpha value is -2.45. The van der Waals surface area contributed by atoms with Crippen LogP contribution >= 0.6 is 23.2 Å². The Morgan fingerprint density at radius 3 is 2.19 bits per heavy atom. The smallest absolute Gasteiger partial charge is 0.406 e. The molecule has 0 fully saturated rings. The van der Waals surface area contributed by atoms with E-state index in [1.165, 1.54) is 24.3 Å². The van der Waals surface area contributed by atoms with Crippen LogP contribution in [0.4, 0.5) is 19.1 Å². The van der Waals surface area contributed by atoms with Gasteiger partial charge in [0.15, 0.2) is 0 Å². The summed E-state index contributed by atoms with van der Waals surface area (Å²) < 4.78 is 40.5. The maximum atomic E-state index is 12.2. The Kier molecular flexibility index (Phi) is 4.97. The van der Waals surface area contributed by atoms with Crippen molar-refractivity contribution in [3.05, 3.63) is 57.8 Å². The summed E-state index contributed by atoms with van der Waals surface area (Å²) in [4.78, 5) is 4.00. The van der Waals surface area contributed by atoms with Crippen LogP contribution < -0.4 is 10.5 Å². The second-order valence-electron chi connectivity index (χ2n) is 5.32. The molecule has 1 heterocycles. The first-order chi connectivity index (χ1) is 12.2. The summed E-state index contributed by atoms with van der Waals surface area (Å²) in [5.74, 6) is 0.360. The predicted molar refractivity (Wildman–Crippen MR) is 92.2 cm³/mol. The van der Waals surface area contributed by atoms with Crippen molar-refractivity contribution in [2.45, 2.75) is 12.8 Å². The molecule has 2 aromatic carbocycles. The number of halogens is 5. The molecule has 0 saturated heterocycles. The van der Waals surface area contributed by atoms with Gasteiger partial charge in [-0.2, -0.15) is 4.98 Å².